The van der Waals surface area contributed by atoms with Crippen LogP contribution in [0.15, 0.2) is 15.7 Å². The largest absolute Gasteiger partial charge is 0.383 e. The highest BCUT2D eigenvalue weighted by Crippen LogP contribution is 2.40. The summed E-state index contributed by atoms with van der Waals surface area (Å²) < 4.78 is 8.14. The summed E-state index contributed by atoms with van der Waals surface area (Å²) in [6, 6.07) is 1.79. The van der Waals surface area contributed by atoms with Crippen LogP contribution in [0.1, 0.15) is 53.8 Å². The molecule has 0 bridgehead atoms. The Bertz CT molecular complexity index is 1330. The second kappa shape index (κ2) is 8.81. The van der Waals surface area contributed by atoms with Crippen LogP contribution in [0.3, 0.4) is 0 Å². The molecule has 0 unspecified atom stereocenters. The van der Waals surface area contributed by atoms with Crippen molar-refractivity contribution in [3.8, 4) is 0 Å². The first-order valence-corrected chi connectivity index (χ1v) is 11.1. The minimum absolute atomic E-state index is 0.0503. The Morgan fingerprint density at radius 3 is 2.73 bits per heavy atom. The minimum atomic E-state index is -0.718. The summed E-state index contributed by atoms with van der Waals surface area (Å²) >= 11 is 0. The van der Waals surface area contributed by atoms with Crippen molar-refractivity contribution in [1.82, 2.24) is 24.3 Å². The van der Waals surface area contributed by atoms with Gasteiger partial charge >= 0.3 is 5.69 Å². The van der Waals surface area contributed by atoms with Crippen LogP contribution in [0.25, 0.3) is 11.0 Å². The van der Waals surface area contributed by atoms with Crippen LogP contribution >= 0.6 is 0 Å². The van der Waals surface area contributed by atoms with Crippen LogP contribution < -0.4 is 21.9 Å². The maximum Gasteiger partial charge on any atom is 0.330 e. The average molecular weight is 456 g/mol. The fourth-order valence-electron chi connectivity index (χ4n) is 4.15. The molecule has 3 aromatic heterocycles. The van der Waals surface area contributed by atoms with Gasteiger partial charge in [0.15, 0.2) is 11.3 Å². The van der Waals surface area contributed by atoms with Gasteiger partial charge in [0.1, 0.15) is 5.82 Å². The van der Waals surface area contributed by atoms with Crippen LogP contribution in [0.4, 0.5) is 11.5 Å². The van der Waals surface area contributed by atoms with E-state index in [0.717, 1.165) is 18.5 Å². The highest BCUT2D eigenvalue weighted by atomic mass is 16.5. The number of aromatic amines is 1. The van der Waals surface area contributed by atoms with E-state index in [9.17, 15) is 14.4 Å². The number of nitrogen functional groups attached to an aromatic ring is 1. The van der Waals surface area contributed by atoms with Crippen LogP contribution in [0.2, 0.25) is 0 Å². The van der Waals surface area contributed by atoms with Gasteiger partial charge in [0.05, 0.1) is 23.3 Å². The maximum atomic E-state index is 14.0. The molecule has 176 valence electrons. The molecule has 3 N–H and O–H groups in total. The van der Waals surface area contributed by atoms with Gasteiger partial charge in [0.25, 0.3) is 11.5 Å². The molecule has 11 nitrogen and oxygen atoms in total. The quantitative estimate of drug-likeness (QED) is 0.521. The van der Waals surface area contributed by atoms with E-state index < -0.39 is 17.2 Å². The number of anilines is 2. The fourth-order valence-corrected chi connectivity index (χ4v) is 4.15. The number of carbonyl (C=O) groups is 1. The summed E-state index contributed by atoms with van der Waals surface area (Å²) in [6.07, 6.45) is 2.67. The van der Waals surface area contributed by atoms with E-state index in [4.69, 9.17) is 15.5 Å². The smallest absolute Gasteiger partial charge is 0.330 e. The maximum absolute atomic E-state index is 14.0. The zero-order valence-corrected chi connectivity index (χ0v) is 19.3. The van der Waals surface area contributed by atoms with E-state index in [1.165, 1.54) is 16.6 Å². The summed E-state index contributed by atoms with van der Waals surface area (Å²) in [5.41, 5.74) is 7.40. The zero-order chi connectivity index (χ0) is 23.9. The summed E-state index contributed by atoms with van der Waals surface area (Å²) in [4.78, 5) is 47.5. The number of hydrogen-bond acceptors (Lipinski definition) is 7. The van der Waals surface area contributed by atoms with Crippen molar-refractivity contribution in [3.05, 3.63) is 43.9 Å². The van der Waals surface area contributed by atoms with E-state index >= 15 is 0 Å². The number of rotatable bonds is 8. The van der Waals surface area contributed by atoms with Gasteiger partial charge in [-0.2, -0.15) is 5.10 Å². The molecule has 3 heterocycles. The number of H-pyrrole nitrogens is 1. The molecule has 3 aromatic rings. The molecule has 0 radical (unpaired) electrons. The molecule has 0 aliphatic heterocycles. The van der Waals surface area contributed by atoms with Gasteiger partial charge in [-0.1, -0.05) is 6.92 Å². The second-order valence-electron chi connectivity index (χ2n) is 8.37. The number of pyridine rings is 1. The Morgan fingerprint density at radius 2 is 2.09 bits per heavy atom. The molecule has 0 aromatic carbocycles. The molecular formula is C22H29N7O4. The summed E-state index contributed by atoms with van der Waals surface area (Å²) in [7, 11) is 3.30. The van der Waals surface area contributed by atoms with Crippen molar-refractivity contribution >= 4 is 28.4 Å². The molecule has 33 heavy (non-hydrogen) atoms. The van der Waals surface area contributed by atoms with Crippen LogP contribution in [0.5, 0.6) is 0 Å². The SMILES string of the molecule is CCCn1c(N)c(N(CCOC)C(=O)c2cc(C3CC3)nc3c2c(C)nn3C)c(=O)[nH]c1=O. The average Bonchev–Trinajstić information content (AvgIpc) is 3.58. The number of nitrogens with two attached hydrogens (primary N) is 1. The lowest BCUT2D eigenvalue weighted by Gasteiger charge is -2.25. The number of carbonyl (C=O) groups excluding carboxylic acids is 1. The van der Waals surface area contributed by atoms with Crippen molar-refractivity contribution in [3.63, 3.8) is 0 Å². The monoisotopic (exact) mass is 455 g/mol. The molecule has 0 spiro atoms. The lowest BCUT2D eigenvalue weighted by molar-refractivity contribution is 0.0977. The molecule has 1 amide bonds. The molecular weight excluding hydrogens is 426 g/mol. The number of methoxy groups -OCH3 is 1. The van der Waals surface area contributed by atoms with Gasteiger partial charge in [-0.25, -0.2) is 9.78 Å². The van der Waals surface area contributed by atoms with Gasteiger partial charge in [0.2, 0.25) is 0 Å². The number of aryl methyl sites for hydroxylation is 2. The van der Waals surface area contributed by atoms with Crippen molar-refractivity contribution in [2.45, 2.75) is 45.6 Å². The molecule has 1 saturated carbocycles. The van der Waals surface area contributed by atoms with Crippen LogP contribution in [-0.4, -0.2) is 50.5 Å². The molecule has 0 saturated heterocycles. The highest BCUT2D eigenvalue weighted by molar-refractivity contribution is 6.14. The molecule has 4 rings (SSSR count). The number of nitrogens with one attached hydrogen (secondary N) is 1. The van der Waals surface area contributed by atoms with Gasteiger partial charge in [0, 0.05) is 38.9 Å². The number of hydrogen-bond donors (Lipinski definition) is 2. The Labute approximate surface area is 190 Å². The van der Waals surface area contributed by atoms with E-state index in [0.29, 0.717) is 41.2 Å². The highest BCUT2D eigenvalue weighted by Gasteiger charge is 2.31. The van der Waals surface area contributed by atoms with Gasteiger partial charge in [-0.05, 0) is 32.3 Å². The summed E-state index contributed by atoms with van der Waals surface area (Å²) in [5, 5.41) is 5.08. The molecule has 0 atom stereocenters. The third kappa shape index (κ3) is 4.04. The van der Waals surface area contributed by atoms with Gasteiger partial charge in [-0.15, -0.1) is 0 Å². The first kappa shape index (κ1) is 22.7. The van der Waals surface area contributed by atoms with Gasteiger partial charge in [-0.3, -0.25) is 28.7 Å². The number of nitrogens with zero attached hydrogens (tertiary/aromatic N) is 5. The molecule has 1 aliphatic carbocycles. The van der Waals surface area contributed by atoms with E-state index in [1.54, 1.807) is 17.8 Å². The van der Waals surface area contributed by atoms with Crippen LogP contribution in [-0.2, 0) is 18.3 Å². The number of aromatic nitrogens is 5. The third-order valence-electron chi connectivity index (χ3n) is 5.91. The topological polar surface area (TPSA) is 141 Å². The Morgan fingerprint density at radius 1 is 1.36 bits per heavy atom. The number of ether oxygens (including phenoxy) is 1. The first-order valence-electron chi connectivity index (χ1n) is 11.1. The van der Waals surface area contributed by atoms with Crippen molar-refractivity contribution in [2.75, 3.05) is 30.9 Å². The number of amides is 1. The standard InChI is InChI=1S/C22H29N7O4/c1-5-8-29-18(23)17(20(30)25-22(29)32)28(9-10-33-4)21(31)14-11-15(13-6-7-13)24-19-16(14)12(2)26-27(19)3/h11,13H,5-10,23H2,1-4H3,(H,25,30,32). The molecule has 1 fully saturated rings. The zero-order valence-electron chi connectivity index (χ0n) is 19.3. The predicted octanol–water partition coefficient (Wildman–Crippen LogP) is 1.29. The Balaban J connectivity index is 1.93. The van der Waals surface area contributed by atoms with Crippen LogP contribution in [0, 0.1) is 6.92 Å². The lowest BCUT2D eigenvalue weighted by Crippen LogP contribution is -2.42. The fraction of sp³-hybridized carbons (Fsp3) is 0.500. The Kier molecular flexibility index (Phi) is 6.07. The predicted molar refractivity (Wildman–Crippen MR) is 125 cm³/mol. The number of fused-ring (bicyclic) bond motifs is 1. The van der Waals surface area contributed by atoms with E-state index in [2.05, 4.69) is 10.1 Å². The minimum Gasteiger partial charge on any atom is -0.383 e. The van der Waals surface area contributed by atoms with Crippen molar-refractivity contribution in [1.29, 1.82) is 0 Å². The van der Waals surface area contributed by atoms with E-state index in [1.807, 2.05) is 13.8 Å². The molecule has 11 heteroatoms. The Hall–Kier alpha value is -3.47. The van der Waals surface area contributed by atoms with Crippen molar-refractivity contribution < 1.29 is 9.53 Å². The normalized spacial score (nSPS) is 13.6. The summed E-state index contributed by atoms with van der Waals surface area (Å²) in [5.74, 6) is -0.162. The third-order valence-corrected chi connectivity index (χ3v) is 5.91. The van der Waals surface area contributed by atoms with Gasteiger partial charge < -0.3 is 10.5 Å². The second-order valence-corrected chi connectivity index (χ2v) is 8.37. The first-order chi connectivity index (χ1) is 15.8. The molecule has 1 aliphatic rings. The van der Waals surface area contributed by atoms with E-state index in [-0.39, 0.29) is 24.7 Å². The van der Waals surface area contributed by atoms with Crippen molar-refractivity contribution in [2.24, 2.45) is 7.05 Å². The lowest BCUT2D eigenvalue weighted by atomic mass is 10.1. The summed E-state index contributed by atoms with van der Waals surface area (Å²) in [6.45, 7) is 4.28.